The van der Waals surface area contributed by atoms with Gasteiger partial charge in [-0.25, -0.2) is 0 Å². The lowest BCUT2D eigenvalue weighted by Crippen LogP contribution is -2.18. The van der Waals surface area contributed by atoms with E-state index in [9.17, 15) is 8.42 Å². The summed E-state index contributed by atoms with van der Waals surface area (Å²) in [4.78, 5) is 0. The second-order valence-electron chi connectivity index (χ2n) is 3.58. The smallest absolute Gasteiger partial charge is 0.370 e. The first kappa shape index (κ1) is 8.26. The van der Waals surface area contributed by atoms with E-state index in [1.807, 2.05) is 12.1 Å². The van der Waals surface area contributed by atoms with Crippen LogP contribution in [0.4, 0.5) is 0 Å². The highest BCUT2D eigenvalue weighted by Crippen LogP contribution is 2.35. The van der Waals surface area contributed by atoms with Crippen LogP contribution in [-0.2, 0) is 16.7 Å². The maximum atomic E-state index is 11.5. The molecule has 0 bridgehead atoms. The van der Waals surface area contributed by atoms with Crippen LogP contribution in [0, 0.1) is 0 Å². The number of fused-ring (bicyclic) bond motifs is 2. The molecule has 1 aromatic carbocycles. The van der Waals surface area contributed by atoms with Crippen molar-refractivity contribution in [1.29, 1.82) is 0 Å². The van der Waals surface area contributed by atoms with Crippen LogP contribution in [0.15, 0.2) is 24.3 Å². The fraction of sp³-hybridized carbons (Fsp3) is 0.333. The maximum Gasteiger partial charge on any atom is 0.385 e. The van der Waals surface area contributed by atoms with E-state index in [4.69, 9.17) is 4.18 Å². The largest absolute Gasteiger partial charge is 0.385 e. The predicted molar refractivity (Wildman–Crippen MR) is 50.2 cm³/mol. The van der Waals surface area contributed by atoms with Gasteiger partial charge in [0.2, 0.25) is 0 Å². The molecule has 1 saturated heterocycles. The maximum absolute atomic E-state index is 11.5. The van der Waals surface area contributed by atoms with E-state index in [0.29, 0.717) is 12.3 Å². The molecule has 0 aromatic heterocycles. The summed E-state index contributed by atoms with van der Waals surface area (Å²) in [5.41, 5.74) is 0.973. The van der Waals surface area contributed by atoms with Gasteiger partial charge in [-0.1, -0.05) is 18.2 Å². The first-order valence-electron chi connectivity index (χ1n) is 4.46. The molecular weight excluding hydrogens is 202 g/mol. The van der Waals surface area contributed by atoms with Crippen LogP contribution in [0.25, 0.3) is 0 Å². The molecule has 74 valence electrons. The van der Waals surface area contributed by atoms with E-state index < -0.39 is 10.3 Å². The minimum absolute atomic E-state index is 0.114. The minimum Gasteiger partial charge on any atom is -0.370 e. The molecule has 2 heterocycles. The molecule has 0 spiro atoms. The van der Waals surface area contributed by atoms with Gasteiger partial charge in [0.25, 0.3) is 0 Å². The molecule has 0 amide bonds. The lowest BCUT2D eigenvalue weighted by atomic mass is 10.1. The number of hydrogen-bond acceptors (Lipinski definition) is 3. The summed E-state index contributed by atoms with van der Waals surface area (Å²) < 4.78 is 29.4. The molecule has 2 unspecified atom stereocenters. The van der Waals surface area contributed by atoms with Crippen molar-refractivity contribution in [3.63, 3.8) is 0 Å². The minimum atomic E-state index is -3.50. The van der Waals surface area contributed by atoms with Crippen molar-refractivity contribution in [3.8, 4) is 5.75 Å². The van der Waals surface area contributed by atoms with Gasteiger partial charge in [0.15, 0.2) is 0 Å². The number of para-hydroxylation sites is 1. The molecule has 2 aliphatic rings. The summed E-state index contributed by atoms with van der Waals surface area (Å²) in [6.07, 6.45) is 0.759. The molecule has 0 N–H and O–H groups in total. The molecule has 5 heteroatoms. The monoisotopic (exact) mass is 211 g/mol. The fourth-order valence-electron chi connectivity index (χ4n) is 1.77. The highest BCUT2D eigenvalue weighted by molar-refractivity contribution is 7.85. The summed E-state index contributed by atoms with van der Waals surface area (Å²) in [6, 6.07) is 7.39. The fourth-order valence-corrected chi connectivity index (χ4v) is 3.05. The Labute approximate surface area is 82.4 Å². The summed E-state index contributed by atoms with van der Waals surface area (Å²) >= 11 is 0. The molecule has 0 aliphatic carbocycles. The Hall–Kier alpha value is -1.07. The predicted octanol–water partition coefficient (Wildman–Crippen LogP) is 0.551. The van der Waals surface area contributed by atoms with Crippen LogP contribution in [0.1, 0.15) is 5.56 Å². The molecule has 14 heavy (non-hydrogen) atoms. The van der Waals surface area contributed by atoms with Gasteiger partial charge >= 0.3 is 10.3 Å². The Morgan fingerprint density at radius 3 is 3.00 bits per heavy atom. The second kappa shape index (κ2) is 2.49. The summed E-state index contributed by atoms with van der Waals surface area (Å²) in [7, 11) is -3.50. The van der Waals surface area contributed by atoms with E-state index in [1.54, 1.807) is 12.1 Å². The Balaban J connectivity index is 2.13. The van der Waals surface area contributed by atoms with Gasteiger partial charge in [0.1, 0.15) is 5.75 Å². The molecule has 0 saturated carbocycles. The molecule has 3 rings (SSSR count). The summed E-state index contributed by atoms with van der Waals surface area (Å²) in [5.74, 6) is 0.472. The van der Waals surface area contributed by atoms with Crippen molar-refractivity contribution < 1.29 is 12.6 Å². The Kier molecular flexibility index (Phi) is 1.47. The molecule has 0 radical (unpaired) electrons. The van der Waals surface area contributed by atoms with Crippen LogP contribution >= 0.6 is 0 Å². The third-order valence-corrected chi connectivity index (χ3v) is 3.99. The normalized spacial score (nSPS) is 32.0. The van der Waals surface area contributed by atoms with Crippen LogP contribution < -0.4 is 4.18 Å². The van der Waals surface area contributed by atoms with Crippen molar-refractivity contribution >= 4 is 10.3 Å². The standard InChI is InChI=1S/C9H9NO3S/c11-14(12)10-6-8(10)5-7-3-1-2-4-9(7)13-14/h1-4,8H,5-6H2. The molecule has 4 nitrogen and oxygen atoms in total. The van der Waals surface area contributed by atoms with E-state index >= 15 is 0 Å². The van der Waals surface area contributed by atoms with Gasteiger partial charge in [-0.05, 0) is 18.1 Å². The number of hydrogen-bond donors (Lipinski definition) is 0. The zero-order valence-electron chi connectivity index (χ0n) is 7.38. The number of rotatable bonds is 0. The Bertz CT molecular complexity index is 483. The third-order valence-electron chi connectivity index (χ3n) is 2.57. The van der Waals surface area contributed by atoms with Gasteiger partial charge in [-0.15, -0.1) is 0 Å². The van der Waals surface area contributed by atoms with Crippen LogP contribution in [0.5, 0.6) is 5.75 Å². The highest BCUT2D eigenvalue weighted by Gasteiger charge is 2.47. The van der Waals surface area contributed by atoms with Gasteiger partial charge in [-0.2, -0.15) is 12.7 Å². The van der Waals surface area contributed by atoms with Gasteiger partial charge in [0, 0.05) is 12.6 Å². The van der Waals surface area contributed by atoms with Crippen LogP contribution in [0.2, 0.25) is 0 Å². The zero-order chi connectivity index (χ0) is 9.76. The van der Waals surface area contributed by atoms with Crippen molar-refractivity contribution in [2.75, 3.05) is 6.54 Å². The average molecular weight is 211 g/mol. The molecule has 2 aliphatic heterocycles. The van der Waals surface area contributed by atoms with E-state index in [1.165, 1.54) is 4.31 Å². The molecular formula is C9H9NO3S. The zero-order valence-corrected chi connectivity index (χ0v) is 8.20. The summed E-state index contributed by atoms with van der Waals surface area (Å²) in [6.45, 7) is 0.594. The van der Waals surface area contributed by atoms with E-state index in [2.05, 4.69) is 0 Å². The van der Waals surface area contributed by atoms with E-state index in [-0.39, 0.29) is 6.04 Å². The van der Waals surface area contributed by atoms with Crippen molar-refractivity contribution in [2.24, 2.45) is 0 Å². The second-order valence-corrected chi connectivity index (χ2v) is 5.07. The van der Waals surface area contributed by atoms with Crippen LogP contribution in [0.3, 0.4) is 0 Å². The average Bonchev–Trinajstić information content (AvgIpc) is 2.87. The molecule has 1 fully saturated rings. The third kappa shape index (κ3) is 1.13. The van der Waals surface area contributed by atoms with Crippen molar-refractivity contribution in [3.05, 3.63) is 29.8 Å². The highest BCUT2D eigenvalue weighted by atomic mass is 32.2. The van der Waals surface area contributed by atoms with Crippen molar-refractivity contribution in [2.45, 2.75) is 12.5 Å². The SMILES string of the molecule is O=S1(=O)Oc2ccccc2CC2CN21. The molecule has 1 aromatic rings. The molecule has 2 atom stereocenters. The lowest BCUT2D eigenvalue weighted by Gasteiger charge is -2.06. The van der Waals surface area contributed by atoms with E-state index in [0.717, 1.165) is 12.0 Å². The topological polar surface area (TPSA) is 46.4 Å². The lowest BCUT2D eigenvalue weighted by molar-refractivity contribution is 0.451. The Morgan fingerprint density at radius 2 is 2.14 bits per heavy atom. The number of benzene rings is 1. The van der Waals surface area contributed by atoms with Crippen LogP contribution in [-0.4, -0.2) is 25.3 Å². The van der Waals surface area contributed by atoms with Crippen molar-refractivity contribution in [1.82, 2.24) is 4.31 Å². The van der Waals surface area contributed by atoms with Gasteiger partial charge in [0.05, 0.1) is 0 Å². The summed E-state index contributed by atoms with van der Waals surface area (Å²) in [5, 5.41) is 0. The van der Waals surface area contributed by atoms with Gasteiger partial charge < -0.3 is 4.18 Å². The quantitative estimate of drug-likeness (QED) is 0.589. The first-order valence-corrected chi connectivity index (χ1v) is 5.82. The first-order chi connectivity index (χ1) is 6.67. The van der Waals surface area contributed by atoms with Gasteiger partial charge in [-0.3, -0.25) is 0 Å². The number of nitrogens with zero attached hydrogens (tertiary/aromatic N) is 1. The Morgan fingerprint density at radius 1 is 1.36 bits per heavy atom.